The topological polar surface area (TPSA) is 49.3 Å². The van der Waals surface area contributed by atoms with Gasteiger partial charge in [0.05, 0.1) is 5.56 Å². The normalized spacial score (nSPS) is 16.3. The van der Waals surface area contributed by atoms with E-state index in [0.717, 1.165) is 11.3 Å². The van der Waals surface area contributed by atoms with Gasteiger partial charge in [-0.1, -0.05) is 18.9 Å². The Morgan fingerprint density at radius 2 is 2.06 bits per heavy atom. The first kappa shape index (κ1) is 11.0. The van der Waals surface area contributed by atoms with Crippen molar-refractivity contribution in [3.63, 3.8) is 0 Å². The highest BCUT2D eigenvalue weighted by atomic mass is 16.4. The van der Waals surface area contributed by atoms with Gasteiger partial charge in [0.25, 0.3) is 0 Å². The fraction of sp³-hybridized carbons (Fsp3) is 0.462. The Kier molecular flexibility index (Phi) is 3.13. The molecule has 2 rings (SSSR count). The van der Waals surface area contributed by atoms with E-state index in [9.17, 15) is 4.79 Å². The van der Waals surface area contributed by atoms with Gasteiger partial charge in [-0.25, -0.2) is 4.79 Å². The lowest BCUT2D eigenvalue weighted by Crippen LogP contribution is -2.15. The van der Waals surface area contributed by atoms with Crippen molar-refractivity contribution >= 4 is 11.7 Å². The SMILES string of the molecule is Cc1ccc(NC2CCCC2)cc1C(=O)O. The van der Waals surface area contributed by atoms with E-state index >= 15 is 0 Å². The van der Waals surface area contributed by atoms with Gasteiger partial charge in [-0.3, -0.25) is 0 Å². The molecule has 86 valence electrons. The van der Waals surface area contributed by atoms with Crippen LogP contribution in [0.3, 0.4) is 0 Å². The average Bonchev–Trinajstić information content (AvgIpc) is 2.73. The van der Waals surface area contributed by atoms with Crippen molar-refractivity contribution in [3.05, 3.63) is 29.3 Å². The Hall–Kier alpha value is -1.51. The summed E-state index contributed by atoms with van der Waals surface area (Å²) in [5, 5.41) is 12.4. The first-order valence-corrected chi connectivity index (χ1v) is 5.77. The van der Waals surface area contributed by atoms with Crippen LogP contribution in [0.2, 0.25) is 0 Å². The molecule has 0 aromatic heterocycles. The highest BCUT2D eigenvalue weighted by Gasteiger charge is 2.15. The molecule has 0 unspecified atom stereocenters. The van der Waals surface area contributed by atoms with E-state index in [1.54, 1.807) is 6.07 Å². The van der Waals surface area contributed by atoms with Gasteiger partial charge >= 0.3 is 5.97 Å². The quantitative estimate of drug-likeness (QED) is 0.821. The Bertz CT molecular complexity index is 395. The molecule has 1 aliphatic carbocycles. The van der Waals surface area contributed by atoms with Gasteiger partial charge in [0.2, 0.25) is 0 Å². The maximum Gasteiger partial charge on any atom is 0.336 e. The Balaban J connectivity index is 2.15. The summed E-state index contributed by atoms with van der Waals surface area (Å²) in [4.78, 5) is 11.0. The summed E-state index contributed by atoms with van der Waals surface area (Å²) in [6.45, 7) is 1.82. The number of carbonyl (C=O) groups is 1. The number of anilines is 1. The second-order valence-electron chi connectivity index (χ2n) is 4.46. The third-order valence-corrected chi connectivity index (χ3v) is 3.19. The van der Waals surface area contributed by atoms with Crippen LogP contribution in [0.4, 0.5) is 5.69 Å². The zero-order valence-electron chi connectivity index (χ0n) is 9.49. The van der Waals surface area contributed by atoms with E-state index in [2.05, 4.69) is 5.32 Å². The van der Waals surface area contributed by atoms with Crippen LogP contribution in [0, 0.1) is 6.92 Å². The molecule has 0 saturated heterocycles. The molecule has 1 aromatic carbocycles. The van der Waals surface area contributed by atoms with Crippen molar-refractivity contribution in [3.8, 4) is 0 Å². The summed E-state index contributed by atoms with van der Waals surface area (Å²) < 4.78 is 0. The number of benzene rings is 1. The maximum absolute atomic E-state index is 11.0. The number of nitrogens with one attached hydrogen (secondary N) is 1. The molecule has 0 radical (unpaired) electrons. The number of aromatic carboxylic acids is 1. The van der Waals surface area contributed by atoms with E-state index in [1.807, 2.05) is 19.1 Å². The lowest BCUT2D eigenvalue weighted by atomic mass is 10.1. The molecule has 1 aliphatic rings. The van der Waals surface area contributed by atoms with Gasteiger partial charge < -0.3 is 10.4 Å². The number of aryl methyl sites for hydroxylation is 1. The fourth-order valence-corrected chi connectivity index (χ4v) is 2.25. The second kappa shape index (κ2) is 4.56. The van der Waals surface area contributed by atoms with Crippen molar-refractivity contribution in [1.82, 2.24) is 0 Å². The third kappa shape index (κ3) is 2.35. The lowest BCUT2D eigenvalue weighted by molar-refractivity contribution is 0.0696. The van der Waals surface area contributed by atoms with Crippen LogP contribution < -0.4 is 5.32 Å². The van der Waals surface area contributed by atoms with Gasteiger partial charge in [0.15, 0.2) is 0 Å². The van der Waals surface area contributed by atoms with Crippen molar-refractivity contribution in [2.45, 2.75) is 38.6 Å². The number of carboxylic acids is 1. The second-order valence-corrected chi connectivity index (χ2v) is 4.46. The molecule has 0 heterocycles. The molecule has 0 bridgehead atoms. The molecule has 0 aliphatic heterocycles. The molecule has 1 aromatic rings. The van der Waals surface area contributed by atoms with Gasteiger partial charge in [-0.2, -0.15) is 0 Å². The van der Waals surface area contributed by atoms with Crippen molar-refractivity contribution in [2.75, 3.05) is 5.32 Å². The molecule has 2 N–H and O–H groups in total. The van der Waals surface area contributed by atoms with Gasteiger partial charge in [-0.05, 0) is 37.5 Å². The predicted octanol–water partition coefficient (Wildman–Crippen LogP) is 3.05. The minimum atomic E-state index is -0.854. The molecular weight excluding hydrogens is 202 g/mol. The zero-order chi connectivity index (χ0) is 11.5. The smallest absolute Gasteiger partial charge is 0.336 e. The predicted molar refractivity (Wildman–Crippen MR) is 64.0 cm³/mol. The highest BCUT2D eigenvalue weighted by molar-refractivity contribution is 5.90. The van der Waals surface area contributed by atoms with Crippen LogP contribution in [-0.4, -0.2) is 17.1 Å². The van der Waals surface area contributed by atoms with Crippen LogP contribution in [0.1, 0.15) is 41.6 Å². The van der Waals surface area contributed by atoms with Crippen LogP contribution in [0.25, 0.3) is 0 Å². The van der Waals surface area contributed by atoms with E-state index in [0.29, 0.717) is 11.6 Å². The van der Waals surface area contributed by atoms with E-state index in [1.165, 1.54) is 25.7 Å². The molecule has 1 saturated carbocycles. The highest BCUT2D eigenvalue weighted by Crippen LogP contribution is 2.23. The first-order chi connectivity index (χ1) is 7.66. The summed E-state index contributed by atoms with van der Waals surface area (Å²) in [6, 6.07) is 6.07. The van der Waals surface area contributed by atoms with Crippen molar-refractivity contribution in [2.24, 2.45) is 0 Å². The molecule has 3 nitrogen and oxygen atoms in total. The molecule has 16 heavy (non-hydrogen) atoms. The third-order valence-electron chi connectivity index (χ3n) is 3.19. The molecule has 3 heteroatoms. The monoisotopic (exact) mass is 219 g/mol. The van der Waals surface area contributed by atoms with Gasteiger partial charge in [0, 0.05) is 11.7 Å². The first-order valence-electron chi connectivity index (χ1n) is 5.77. The summed E-state index contributed by atoms with van der Waals surface area (Å²) in [6.07, 6.45) is 4.93. The summed E-state index contributed by atoms with van der Waals surface area (Å²) in [5.41, 5.74) is 2.13. The Labute approximate surface area is 95.5 Å². The number of carboxylic acid groups (broad SMARTS) is 1. The minimum absolute atomic E-state index is 0.392. The average molecular weight is 219 g/mol. The van der Waals surface area contributed by atoms with Crippen LogP contribution >= 0.6 is 0 Å². The lowest BCUT2D eigenvalue weighted by Gasteiger charge is -2.14. The van der Waals surface area contributed by atoms with Gasteiger partial charge in [0.1, 0.15) is 0 Å². The molecule has 0 amide bonds. The standard InChI is InChI=1S/C13H17NO2/c1-9-6-7-11(8-12(9)13(15)16)14-10-4-2-3-5-10/h6-8,10,14H,2-5H2,1H3,(H,15,16). The molecule has 0 atom stereocenters. The van der Waals surface area contributed by atoms with Crippen LogP contribution in [-0.2, 0) is 0 Å². The van der Waals surface area contributed by atoms with E-state index in [4.69, 9.17) is 5.11 Å². The summed E-state index contributed by atoms with van der Waals surface area (Å²) in [5.74, 6) is -0.854. The van der Waals surface area contributed by atoms with E-state index < -0.39 is 5.97 Å². The van der Waals surface area contributed by atoms with Crippen LogP contribution in [0.5, 0.6) is 0 Å². The minimum Gasteiger partial charge on any atom is -0.478 e. The maximum atomic E-state index is 11.0. The fourth-order valence-electron chi connectivity index (χ4n) is 2.25. The van der Waals surface area contributed by atoms with Crippen molar-refractivity contribution in [1.29, 1.82) is 0 Å². The molecular formula is C13H17NO2. The van der Waals surface area contributed by atoms with Crippen molar-refractivity contribution < 1.29 is 9.90 Å². The van der Waals surface area contributed by atoms with E-state index in [-0.39, 0.29) is 0 Å². The number of hydrogen-bond acceptors (Lipinski definition) is 2. The zero-order valence-corrected chi connectivity index (χ0v) is 9.49. The number of rotatable bonds is 3. The summed E-state index contributed by atoms with van der Waals surface area (Å²) >= 11 is 0. The molecule has 0 spiro atoms. The van der Waals surface area contributed by atoms with Crippen LogP contribution in [0.15, 0.2) is 18.2 Å². The summed E-state index contributed by atoms with van der Waals surface area (Å²) in [7, 11) is 0. The Morgan fingerprint density at radius 1 is 1.38 bits per heavy atom. The van der Waals surface area contributed by atoms with Gasteiger partial charge in [-0.15, -0.1) is 0 Å². The Morgan fingerprint density at radius 3 is 2.69 bits per heavy atom. The molecule has 1 fully saturated rings. The largest absolute Gasteiger partial charge is 0.478 e. The number of hydrogen-bond donors (Lipinski definition) is 2.